The van der Waals surface area contributed by atoms with Crippen molar-refractivity contribution in [3.05, 3.63) is 35.4 Å². The second kappa shape index (κ2) is 5.13. The monoisotopic (exact) mass is 275 g/mol. The second-order valence-corrected chi connectivity index (χ2v) is 5.27. The van der Waals surface area contributed by atoms with Crippen molar-refractivity contribution in [1.29, 1.82) is 0 Å². The molecule has 1 unspecified atom stereocenters. The van der Waals surface area contributed by atoms with Gasteiger partial charge in [-0.1, -0.05) is 12.1 Å². The topological polar surface area (TPSA) is 72.9 Å². The number of carbonyl (C=O) groups excluding carboxylic acids is 1. The Morgan fingerprint density at radius 1 is 1.40 bits per heavy atom. The van der Waals surface area contributed by atoms with Gasteiger partial charge < -0.3 is 15.3 Å². The number of hydrogen-bond acceptors (Lipinski definition) is 3. The van der Waals surface area contributed by atoms with E-state index in [2.05, 4.69) is 10.2 Å². The average molecular weight is 275 g/mol. The minimum absolute atomic E-state index is 0.0301. The summed E-state index contributed by atoms with van der Waals surface area (Å²) in [6.45, 7) is 3.80. The first-order valence-electron chi connectivity index (χ1n) is 6.72. The number of amides is 2. The van der Waals surface area contributed by atoms with Gasteiger partial charge in [-0.3, -0.25) is 4.90 Å². The molecule has 0 radical (unpaired) electrons. The highest BCUT2D eigenvalue weighted by molar-refractivity contribution is 5.87. The van der Waals surface area contributed by atoms with E-state index >= 15 is 0 Å². The number of fused-ring (bicyclic) bond motifs is 1. The summed E-state index contributed by atoms with van der Waals surface area (Å²) >= 11 is 0. The third-order valence-corrected chi connectivity index (χ3v) is 3.90. The van der Waals surface area contributed by atoms with E-state index < -0.39 is 5.97 Å². The molecule has 2 fully saturated rings. The lowest BCUT2D eigenvalue weighted by atomic mass is 10.1. The predicted octanol–water partition coefficient (Wildman–Crippen LogP) is 0.594. The van der Waals surface area contributed by atoms with Crippen molar-refractivity contribution in [2.75, 3.05) is 26.2 Å². The molecular formula is C14H17N3O3. The number of rotatable bonds is 3. The van der Waals surface area contributed by atoms with Crippen molar-refractivity contribution in [3.8, 4) is 0 Å². The van der Waals surface area contributed by atoms with Gasteiger partial charge in [-0.2, -0.15) is 0 Å². The highest BCUT2D eigenvalue weighted by Gasteiger charge is 2.35. The molecule has 2 saturated heterocycles. The van der Waals surface area contributed by atoms with Crippen LogP contribution in [0.1, 0.15) is 15.9 Å². The quantitative estimate of drug-likeness (QED) is 0.847. The number of carboxylic acids is 1. The number of piperazine rings is 1. The van der Waals surface area contributed by atoms with E-state index in [0.717, 1.165) is 31.7 Å². The van der Waals surface area contributed by atoms with Crippen LogP contribution in [0, 0.1) is 0 Å². The first-order chi connectivity index (χ1) is 9.63. The standard InChI is InChI=1S/C14H17N3O3/c18-13(19)11-3-1-2-10(6-11)8-16-4-5-17-12(9-16)7-15-14(17)20/h1-3,6,12H,4-5,7-9H2,(H,15,20)(H,18,19). The fraction of sp³-hybridized carbons (Fsp3) is 0.429. The number of benzene rings is 1. The van der Waals surface area contributed by atoms with Crippen LogP contribution < -0.4 is 5.32 Å². The number of carboxylic acid groups (broad SMARTS) is 1. The van der Waals surface area contributed by atoms with E-state index in [0.29, 0.717) is 12.1 Å². The average Bonchev–Trinajstić information content (AvgIpc) is 2.80. The summed E-state index contributed by atoms with van der Waals surface area (Å²) < 4.78 is 0. The molecule has 1 aromatic rings. The minimum atomic E-state index is -0.901. The first-order valence-corrected chi connectivity index (χ1v) is 6.72. The van der Waals surface area contributed by atoms with E-state index in [1.807, 2.05) is 11.0 Å². The third kappa shape index (κ3) is 2.46. The van der Waals surface area contributed by atoms with E-state index in [-0.39, 0.29) is 12.1 Å². The smallest absolute Gasteiger partial charge is 0.335 e. The second-order valence-electron chi connectivity index (χ2n) is 5.27. The molecule has 2 aliphatic heterocycles. The molecule has 20 heavy (non-hydrogen) atoms. The Hall–Kier alpha value is -2.08. The highest BCUT2D eigenvalue weighted by Crippen LogP contribution is 2.17. The van der Waals surface area contributed by atoms with Gasteiger partial charge in [0.2, 0.25) is 0 Å². The van der Waals surface area contributed by atoms with Gasteiger partial charge in [0.05, 0.1) is 11.6 Å². The lowest BCUT2D eigenvalue weighted by Crippen LogP contribution is -2.51. The number of aromatic carboxylic acids is 1. The molecule has 0 spiro atoms. The van der Waals surface area contributed by atoms with E-state index in [1.165, 1.54) is 0 Å². The molecule has 6 heteroatoms. The molecule has 2 amide bonds. The van der Waals surface area contributed by atoms with Gasteiger partial charge in [-0.25, -0.2) is 9.59 Å². The summed E-state index contributed by atoms with van der Waals surface area (Å²) in [6.07, 6.45) is 0. The van der Waals surface area contributed by atoms with E-state index in [4.69, 9.17) is 5.11 Å². The van der Waals surface area contributed by atoms with Crippen LogP contribution in [0.15, 0.2) is 24.3 Å². The summed E-state index contributed by atoms with van der Waals surface area (Å²) in [7, 11) is 0. The molecule has 3 rings (SSSR count). The molecule has 106 valence electrons. The molecule has 1 atom stereocenters. The lowest BCUT2D eigenvalue weighted by Gasteiger charge is -2.36. The highest BCUT2D eigenvalue weighted by atomic mass is 16.4. The van der Waals surface area contributed by atoms with Crippen molar-refractivity contribution in [2.45, 2.75) is 12.6 Å². The van der Waals surface area contributed by atoms with Crippen molar-refractivity contribution in [2.24, 2.45) is 0 Å². The van der Waals surface area contributed by atoms with Crippen LogP contribution in [0.5, 0.6) is 0 Å². The van der Waals surface area contributed by atoms with Crippen molar-refractivity contribution in [1.82, 2.24) is 15.1 Å². The van der Waals surface area contributed by atoms with Crippen molar-refractivity contribution in [3.63, 3.8) is 0 Å². The Kier molecular flexibility index (Phi) is 3.31. The maximum atomic E-state index is 11.5. The molecule has 0 saturated carbocycles. The van der Waals surface area contributed by atoms with Crippen LogP contribution in [-0.4, -0.2) is 59.1 Å². The van der Waals surface area contributed by atoms with Crippen LogP contribution in [-0.2, 0) is 6.54 Å². The Morgan fingerprint density at radius 2 is 2.25 bits per heavy atom. The Morgan fingerprint density at radius 3 is 3.05 bits per heavy atom. The maximum absolute atomic E-state index is 11.5. The maximum Gasteiger partial charge on any atom is 0.335 e. The van der Waals surface area contributed by atoms with Gasteiger partial charge in [0.25, 0.3) is 0 Å². The predicted molar refractivity (Wildman–Crippen MR) is 72.6 cm³/mol. The summed E-state index contributed by atoms with van der Waals surface area (Å²) in [5.74, 6) is -0.901. The first kappa shape index (κ1) is 12.9. The summed E-state index contributed by atoms with van der Waals surface area (Å²) in [4.78, 5) is 26.6. The van der Waals surface area contributed by atoms with Gasteiger partial charge in [0.1, 0.15) is 0 Å². The molecule has 2 heterocycles. The van der Waals surface area contributed by atoms with Crippen LogP contribution in [0.2, 0.25) is 0 Å². The Balaban J connectivity index is 1.65. The summed E-state index contributed by atoms with van der Waals surface area (Å²) in [6, 6.07) is 7.30. The van der Waals surface area contributed by atoms with Crippen LogP contribution >= 0.6 is 0 Å². The molecule has 2 aliphatic rings. The largest absolute Gasteiger partial charge is 0.478 e. The molecule has 0 bridgehead atoms. The van der Waals surface area contributed by atoms with Crippen LogP contribution in [0.4, 0.5) is 4.79 Å². The number of carbonyl (C=O) groups is 2. The molecule has 1 aromatic carbocycles. The Labute approximate surface area is 117 Å². The van der Waals surface area contributed by atoms with Crippen LogP contribution in [0.25, 0.3) is 0 Å². The van der Waals surface area contributed by atoms with Crippen molar-refractivity contribution >= 4 is 12.0 Å². The zero-order chi connectivity index (χ0) is 14.1. The van der Waals surface area contributed by atoms with Gasteiger partial charge >= 0.3 is 12.0 Å². The zero-order valence-corrected chi connectivity index (χ0v) is 11.1. The Bertz CT molecular complexity index is 546. The van der Waals surface area contributed by atoms with Crippen molar-refractivity contribution < 1.29 is 14.7 Å². The van der Waals surface area contributed by atoms with Gasteiger partial charge in [0.15, 0.2) is 0 Å². The van der Waals surface area contributed by atoms with Gasteiger partial charge in [-0.15, -0.1) is 0 Å². The molecule has 2 N–H and O–H groups in total. The number of nitrogens with one attached hydrogen (secondary N) is 1. The molecule has 0 aliphatic carbocycles. The number of urea groups is 1. The summed E-state index contributed by atoms with van der Waals surface area (Å²) in [5, 5.41) is 11.9. The normalized spacial score (nSPS) is 22.5. The van der Waals surface area contributed by atoms with E-state index in [1.54, 1.807) is 18.2 Å². The SMILES string of the molecule is O=C(O)c1cccc(CN2CCN3C(=O)NCC3C2)c1. The van der Waals surface area contributed by atoms with Gasteiger partial charge in [-0.05, 0) is 17.7 Å². The van der Waals surface area contributed by atoms with E-state index in [9.17, 15) is 9.59 Å². The molecular weight excluding hydrogens is 258 g/mol. The zero-order valence-electron chi connectivity index (χ0n) is 11.1. The number of nitrogens with zero attached hydrogens (tertiary/aromatic N) is 2. The fourth-order valence-corrected chi connectivity index (χ4v) is 2.87. The minimum Gasteiger partial charge on any atom is -0.478 e. The summed E-state index contributed by atoms with van der Waals surface area (Å²) in [5.41, 5.74) is 1.31. The van der Waals surface area contributed by atoms with Gasteiger partial charge in [0, 0.05) is 32.7 Å². The molecule has 6 nitrogen and oxygen atoms in total. The fourth-order valence-electron chi connectivity index (χ4n) is 2.87. The lowest BCUT2D eigenvalue weighted by molar-refractivity contribution is 0.0696. The number of hydrogen-bond donors (Lipinski definition) is 2. The van der Waals surface area contributed by atoms with Crippen LogP contribution in [0.3, 0.4) is 0 Å². The third-order valence-electron chi connectivity index (χ3n) is 3.90. The molecule has 0 aromatic heterocycles.